The molecule has 1 N–H and O–H groups in total. The van der Waals surface area contributed by atoms with Crippen LogP contribution >= 0.6 is 0 Å². The zero-order chi connectivity index (χ0) is 11.6. The number of unbranched alkanes of at least 4 members (excludes halogenated alkanes) is 1. The molecule has 1 heterocycles. The second-order valence-corrected chi connectivity index (χ2v) is 4.30. The van der Waals surface area contributed by atoms with Gasteiger partial charge in [-0.2, -0.15) is 0 Å². The van der Waals surface area contributed by atoms with Crippen LogP contribution in [0.5, 0.6) is 0 Å². The predicted octanol–water partition coefficient (Wildman–Crippen LogP) is 1.35. The summed E-state index contributed by atoms with van der Waals surface area (Å²) in [5, 5.41) is 3.32. The van der Waals surface area contributed by atoms with E-state index in [-0.39, 0.29) is 12.6 Å². The molecule has 94 valence electrons. The fourth-order valence-electron chi connectivity index (χ4n) is 1.75. The molecule has 4 heteroatoms. The van der Waals surface area contributed by atoms with Crippen LogP contribution in [0.15, 0.2) is 0 Å². The normalized spacial score (nSPS) is 20.7. The highest BCUT2D eigenvalue weighted by Crippen LogP contribution is 2.09. The van der Waals surface area contributed by atoms with Gasteiger partial charge in [-0.05, 0) is 31.7 Å². The lowest BCUT2D eigenvalue weighted by atomic mass is 10.0. The molecule has 1 atom stereocenters. The second-order valence-electron chi connectivity index (χ2n) is 4.30. The number of esters is 1. The molecule has 0 bridgehead atoms. The molecule has 0 spiro atoms. The van der Waals surface area contributed by atoms with E-state index >= 15 is 0 Å². The third-order valence-corrected chi connectivity index (χ3v) is 2.73. The highest BCUT2D eigenvalue weighted by molar-refractivity contribution is 5.70. The Bertz CT molecular complexity index is 191. The Kier molecular flexibility index (Phi) is 7.17. The minimum absolute atomic E-state index is 0.0974. The Morgan fingerprint density at radius 2 is 2.38 bits per heavy atom. The van der Waals surface area contributed by atoms with Gasteiger partial charge in [-0.1, -0.05) is 13.3 Å². The van der Waals surface area contributed by atoms with Crippen LogP contribution in [0.1, 0.15) is 32.6 Å². The van der Waals surface area contributed by atoms with Gasteiger partial charge in [-0.3, -0.25) is 0 Å². The van der Waals surface area contributed by atoms with E-state index in [1.165, 1.54) is 12.8 Å². The topological polar surface area (TPSA) is 47.6 Å². The van der Waals surface area contributed by atoms with Crippen molar-refractivity contribution in [1.82, 2.24) is 5.32 Å². The molecule has 1 saturated heterocycles. The maximum Gasteiger partial charge on any atom is 0.332 e. The summed E-state index contributed by atoms with van der Waals surface area (Å²) in [4.78, 5) is 11.2. The Morgan fingerprint density at radius 1 is 1.50 bits per heavy atom. The highest BCUT2D eigenvalue weighted by Gasteiger charge is 2.13. The first-order valence-corrected chi connectivity index (χ1v) is 6.27. The van der Waals surface area contributed by atoms with Crippen LogP contribution in [0.3, 0.4) is 0 Å². The van der Waals surface area contributed by atoms with Gasteiger partial charge in [0.15, 0.2) is 0 Å². The van der Waals surface area contributed by atoms with E-state index in [1.54, 1.807) is 0 Å². The highest BCUT2D eigenvalue weighted by atomic mass is 16.6. The van der Waals surface area contributed by atoms with Gasteiger partial charge < -0.3 is 14.8 Å². The Hall–Kier alpha value is -0.610. The molecule has 1 aliphatic rings. The van der Waals surface area contributed by atoms with Crippen molar-refractivity contribution < 1.29 is 14.3 Å². The van der Waals surface area contributed by atoms with E-state index in [0.717, 1.165) is 25.9 Å². The van der Waals surface area contributed by atoms with Gasteiger partial charge in [0.05, 0.1) is 13.2 Å². The summed E-state index contributed by atoms with van der Waals surface area (Å²) >= 11 is 0. The molecule has 16 heavy (non-hydrogen) atoms. The van der Waals surface area contributed by atoms with Crippen molar-refractivity contribution in [2.24, 2.45) is 5.92 Å². The van der Waals surface area contributed by atoms with E-state index in [1.807, 2.05) is 0 Å². The lowest BCUT2D eigenvalue weighted by Gasteiger charge is -2.22. The van der Waals surface area contributed by atoms with Crippen molar-refractivity contribution in [3.8, 4) is 0 Å². The van der Waals surface area contributed by atoms with Crippen LogP contribution in [-0.4, -0.2) is 38.9 Å². The van der Waals surface area contributed by atoms with Gasteiger partial charge in [-0.15, -0.1) is 0 Å². The number of nitrogens with one attached hydrogen (secondary N) is 1. The number of hydrogen-bond donors (Lipinski definition) is 1. The predicted molar refractivity (Wildman–Crippen MR) is 62.3 cm³/mol. The van der Waals surface area contributed by atoms with Gasteiger partial charge in [0.25, 0.3) is 0 Å². The molecule has 0 aromatic rings. The van der Waals surface area contributed by atoms with Gasteiger partial charge in [0, 0.05) is 6.54 Å². The number of carbonyl (C=O) groups excluding carboxylic acids is 1. The summed E-state index contributed by atoms with van der Waals surface area (Å²) in [5.41, 5.74) is 0. The zero-order valence-corrected chi connectivity index (χ0v) is 10.2. The first-order valence-electron chi connectivity index (χ1n) is 6.27. The molecule has 0 saturated carbocycles. The molecule has 1 aliphatic heterocycles. The summed E-state index contributed by atoms with van der Waals surface area (Å²) in [5.74, 6) is 0.314. The lowest BCUT2D eigenvalue weighted by molar-refractivity contribution is -0.149. The molecule has 1 rings (SSSR count). The average molecular weight is 229 g/mol. The van der Waals surface area contributed by atoms with Crippen LogP contribution in [0.2, 0.25) is 0 Å². The standard InChI is InChI=1S/C12H23NO3/c1-2-3-7-16-12(14)10-15-9-11-5-4-6-13-8-11/h11,13H,2-10H2,1H3. The molecule has 0 aromatic heterocycles. The Morgan fingerprint density at radius 3 is 3.06 bits per heavy atom. The maximum atomic E-state index is 11.2. The quantitative estimate of drug-likeness (QED) is 0.529. The third-order valence-electron chi connectivity index (χ3n) is 2.73. The van der Waals surface area contributed by atoms with Crippen LogP contribution in [0.4, 0.5) is 0 Å². The third kappa shape index (κ3) is 6.08. The van der Waals surface area contributed by atoms with Crippen molar-refractivity contribution in [3.05, 3.63) is 0 Å². The van der Waals surface area contributed by atoms with Crippen molar-refractivity contribution in [1.29, 1.82) is 0 Å². The molecular weight excluding hydrogens is 206 g/mol. The maximum absolute atomic E-state index is 11.2. The summed E-state index contributed by atoms with van der Waals surface area (Å²) in [6.45, 7) is 5.46. The largest absolute Gasteiger partial charge is 0.464 e. The van der Waals surface area contributed by atoms with E-state index in [4.69, 9.17) is 9.47 Å². The number of piperidine rings is 1. The number of hydrogen-bond acceptors (Lipinski definition) is 4. The van der Waals surface area contributed by atoms with Crippen molar-refractivity contribution in [3.63, 3.8) is 0 Å². The van der Waals surface area contributed by atoms with Crippen molar-refractivity contribution >= 4 is 5.97 Å². The van der Waals surface area contributed by atoms with Crippen molar-refractivity contribution in [2.75, 3.05) is 32.9 Å². The van der Waals surface area contributed by atoms with Crippen molar-refractivity contribution in [2.45, 2.75) is 32.6 Å². The smallest absolute Gasteiger partial charge is 0.332 e. The minimum atomic E-state index is -0.239. The van der Waals surface area contributed by atoms with E-state index < -0.39 is 0 Å². The molecule has 1 unspecified atom stereocenters. The Balaban J connectivity index is 1.94. The van der Waals surface area contributed by atoms with Crippen LogP contribution in [0.25, 0.3) is 0 Å². The molecular formula is C12H23NO3. The first kappa shape index (κ1) is 13.5. The fraction of sp³-hybridized carbons (Fsp3) is 0.917. The summed E-state index contributed by atoms with van der Waals surface area (Å²) in [7, 11) is 0. The van der Waals surface area contributed by atoms with Gasteiger partial charge in [-0.25, -0.2) is 4.79 Å². The molecule has 0 amide bonds. The summed E-state index contributed by atoms with van der Waals surface area (Å²) in [6, 6.07) is 0. The molecule has 1 fully saturated rings. The van der Waals surface area contributed by atoms with Crippen LogP contribution in [0, 0.1) is 5.92 Å². The van der Waals surface area contributed by atoms with Gasteiger partial charge >= 0.3 is 5.97 Å². The first-order chi connectivity index (χ1) is 7.83. The SMILES string of the molecule is CCCCOC(=O)COCC1CCCNC1. The second kappa shape index (κ2) is 8.53. The molecule has 0 radical (unpaired) electrons. The molecule has 0 aliphatic carbocycles. The van der Waals surface area contributed by atoms with E-state index in [0.29, 0.717) is 19.1 Å². The molecule has 0 aromatic carbocycles. The minimum Gasteiger partial charge on any atom is -0.464 e. The van der Waals surface area contributed by atoms with Gasteiger partial charge in [0.2, 0.25) is 0 Å². The van der Waals surface area contributed by atoms with Crippen LogP contribution in [-0.2, 0) is 14.3 Å². The molecule has 4 nitrogen and oxygen atoms in total. The Labute approximate surface area is 97.7 Å². The van der Waals surface area contributed by atoms with Crippen LogP contribution < -0.4 is 5.32 Å². The van der Waals surface area contributed by atoms with E-state index in [9.17, 15) is 4.79 Å². The van der Waals surface area contributed by atoms with E-state index in [2.05, 4.69) is 12.2 Å². The lowest BCUT2D eigenvalue weighted by Crippen LogP contribution is -2.32. The summed E-state index contributed by atoms with van der Waals surface area (Å²) in [6.07, 6.45) is 4.37. The average Bonchev–Trinajstić information content (AvgIpc) is 2.31. The zero-order valence-electron chi connectivity index (χ0n) is 10.2. The van der Waals surface area contributed by atoms with Gasteiger partial charge in [0.1, 0.15) is 6.61 Å². The monoisotopic (exact) mass is 229 g/mol. The number of rotatable bonds is 7. The number of ether oxygens (including phenoxy) is 2. The number of carbonyl (C=O) groups is 1. The fourth-order valence-corrected chi connectivity index (χ4v) is 1.75. The summed E-state index contributed by atoms with van der Waals surface area (Å²) < 4.78 is 10.3.